The molecule has 3 aromatic rings. The lowest BCUT2D eigenvalue weighted by Crippen LogP contribution is -2.01. The number of aromatic nitrogens is 5. The SMILES string of the molecule is Cc1cnc2nc(C)n(-c3cncc(Cl)n3)c2c1. The van der Waals surface area contributed by atoms with Crippen molar-refractivity contribution in [3.63, 3.8) is 0 Å². The fourth-order valence-corrected chi connectivity index (χ4v) is 2.05. The van der Waals surface area contributed by atoms with Gasteiger partial charge in [0.1, 0.15) is 11.0 Å². The molecular weight excluding hydrogens is 250 g/mol. The molecule has 0 N–H and O–H groups in total. The highest BCUT2D eigenvalue weighted by molar-refractivity contribution is 6.29. The van der Waals surface area contributed by atoms with Gasteiger partial charge in [-0.1, -0.05) is 11.6 Å². The molecule has 18 heavy (non-hydrogen) atoms. The molecule has 5 nitrogen and oxygen atoms in total. The number of halogens is 1. The van der Waals surface area contributed by atoms with Crippen LogP contribution in [0.1, 0.15) is 11.4 Å². The highest BCUT2D eigenvalue weighted by Gasteiger charge is 2.11. The first-order chi connectivity index (χ1) is 8.65. The van der Waals surface area contributed by atoms with E-state index in [1.807, 2.05) is 24.5 Å². The first-order valence-electron chi connectivity index (χ1n) is 5.45. The summed E-state index contributed by atoms with van der Waals surface area (Å²) in [5.74, 6) is 1.45. The maximum absolute atomic E-state index is 5.87. The van der Waals surface area contributed by atoms with Gasteiger partial charge in [0.15, 0.2) is 11.5 Å². The fraction of sp³-hybridized carbons (Fsp3) is 0.167. The van der Waals surface area contributed by atoms with Crippen molar-refractivity contribution in [2.45, 2.75) is 13.8 Å². The van der Waals surface area contributed by atoms with E-state index in [4.69, 9.17) is 11.6 Å². The van der Waals surface area contributed by atoms with Gasteiger partial charge in [0.25, 0.3) is 0 Å². The molecule has 0 aliphatic heterocycles. The van der Waals surface area contributed by atoms with Gasteiger partial charge in [-0.15, -0.1) is 0 Å². The summed E-state index contributed by atoms with van der Waals surface area (Å²) in [5, 5.41) is 0.356. The number of aryl methyl sites for hydroxylation is 2. The van der Waals surface area contributed by atoms with Crippen molar-refractivity contribution >= 4 is 22.8 Å². The second-order valence-electron chi connectivity index (χ2n) is 4.05. The van der Waals surface area contributed by atoms with E-state index >= 15 is 0 Å². The minimum Gasteiger partial charge on any atom is -0.277 e. The third kappa shape index (κ3) is 1.73. The lowest BCUT2D eigenvalue weighted by Gasteiger charge is -2.05. The summed E-state index contributed by atoms with van der Waals surface area (Å²) < 4.78 is 1.90. The monoisotopic (exact) mass is 259 g/mol. The van der Waals surface area contributed by atoms with Crippen molar-refractivity contribution in [1.82, 2.24) is 24.5 Å². The molecule has 0 aliphatic carbocycles. The van der Waals surface area contributed by atoms with Crippen LogP contribution >= 0.6 is 11.6 Å². The predicted molar refractivity (Wildman–Crippen MR) is 68.9 cm³/mol. The number of pyridine rings is 1. The zero-order chi connectivity index (χ0) is 12.7. The Morgan fingerprint density at radius 3 is 2.72 bits per heavy atom. The van der Waals surface area contributed by atoms with Crippen LogP contribution in [0.15, 0.2) is 24.7 Å². The van der Waals surface area contributed by atoms with Crippen molar-refractivity contribution in [3.8, 4) is 5.82 Å². The van der Waals surface area contributed by atoms with Crippen molar-refractivity contribution in [1.29, 1.82) is 0 Å². The summed E-state index contributed by atoms with van der Waals surface area (Å²) in [7, 11) is 0. The molecule has 0 aliphatic rings. The number of imidazole rings is 1. The molecule has 0 radical (unpaired) electrons. The number of fused-ring (bicyclic) bond motifs is 1. The summed E-state index contributed by atoms with van der Waals surface area (Å²) in [6.45, 7) is 3.89. The number of hydrogen-bond acceptors (Lipinski definition) is 4. The van der Waals surface area contributed by atoms with Crippen LogP contribution in [0.5, 0.6) is 0 Å². The highest BCUT2D eigenvalue weighted by atomic mass is 35.5. The molecule has 0 bridgehead atoms. The Kier molecular flexibility index (Phi) is 2.48. The molecule has 3 heterocycles. The van der Waals surface area contributed by atoms with Gasteiger partial charge in [-0.05, 0) is 25.5 Å². The lowest BCUT2D eigenvalue weighted by atomic mass is 10.3. The largest absolute Gasteiger partial charge is 0.277 e. The van der Waals surface area contributed by atoms with Gasteiger partial charge in [-0.25, -0.2) is 15.0 Å². The van der Waals surface area contributed by atoms with E-state index in [-0.39, 0.29) is 0 Å². The molecule has 90 valence electrons. The minimum absolute atomic E-state index is 0.356. The molecule has 0 spiro atoms. The minimum atomic E-state index is 0.356. The predicted octanol–water partition coefficient (Wildman–Crippen LogP) is 2.48. The average Bonchev–Trinajstić information content (AvgIpc) is 2.64. The first-order valence-corrected chi connectivity index (χ1v) is 5.82. The van der Waals surface area contributed by atoms with Gasteiger partial charge < -0.3 is 0 Å². The van der Waals surface area contributed by atoms with E-state index in [1.54, 1.807) is 12.4 Å². The van der Waals surface area contributed by atoms with E-state index in [0.717, 1.165) is 16.9 Å². The van der Waals surface area contributed by atoms with Crippen LogP contribution < -0.4 is 0 Å². The normalized spacial score (nSPS) is 11.1. The third-order valence-electron chi connectivity index (χ3n) is 2.64. The van der Waals surface area contributed by atoms with Crippen LogP contribution in [-0.4, -0.2) is 24.5 Å². The van der Waals surface area contributed by atoms with E-state index in [0.29, 0.717) is 16.6 Å². The first kappa shape index (κ1) is 11.1. The Labute approximate surface area is 109 Å². The van der Waals surface area contributed by atoms with Gasteiger partial charge in [0, 0.05) is 6.20 Å². The fourth-order valence-electron chi connectivity index (χ4n) is 1.90. The second-order valence-corrected chi connectivity index (χ2v) is 4.44. The lowest BCUT2D eigenvalue weighted by molar-refractivity contribution is 0.941. The standard InChI is InChI=1S/C12H10ClN5/c1-7-3-9-12(15-4-7)16-8(2)18(9)11-6-14-5-10(13)17-11/h3-6H,1-2H3. The van der Waals surface area contributed by atoms with Gasteiger partial charge in [0.05, 0.1) is 17.9 Å². The second kappa shape index (κ2) is 4.03. The Balaban J connectivity index is 2.34. The quantitative estimate of drug-likeness (QED) is 0.674. The summed E-state index contributed by atoms with van der Waals surface area (Å²) in [6, 6.07) is 2.02. The van der Waals surface area contributed by atoms with Crippen molar-refractivity contribution in [2.24, 2.45) is 0 Å². The van der Waals surface area contributed by atoms with E-state index in [9.17, 15) is 0 Å². The van der Waals surface area contributed by atoms with E-state index in [1.165, 1.54) is 6.20 Å². The molecule has 0 atom stereocenters. The molecule has 3 rings (SSSR count). The molecule has 6 heteroatoms. The molecular formula is C12H10ClN5. The molecule has 0 unspecified atom stereocenters. The van der Waals surface area contributed by atoms with Crippen LogP contribution in [0.2, 0.25) is 5.15 Å². The Bertz CT molecular complexity index is 734. The molecule has 0 saturated heterocycles. The maximum Gasteiger partial charge on any atom is 0.178 e. The van der Waals surface area contributed by atoms with Crippen LogP contribution in [0, 0.1) is 13.8 Å². The maximum atomic E-state index is 5.87. The number of hydrogen-bond donors (Lipinski definition) is 0. The smallest absolute Gasteiger partial charge is 0.178 e. The van der Waals surface area contributed by atoms with Gasteiger partial charge in [-0.2, -0.15) is 0 Å². The van der Waals surface area contributed by atoms with Crippen LogP contribution in [0.3, 0.4) is 0 Å². The summed E-state index contributed by atoms with van der Waals surface area (Å²) in [5.41, 5.74) is 2.67. The number of nitrogens with zero attached hydrogens (tertiary/aromatic N) is 5. The summed E-state index contributed by atoms with van der Waals surface area (Å²) >= 11 is 5.87. The number of rotatable bonds is 1. The Morgan fingerprint density at radius 2 is 1.94 bits per heavy atom. The Hall–Kier alpha value is -2.01. The van der Waals surface area contributed by atoms with Crippen LogP contribution in [0.4, 0.5) is 0 Å². The summed E-state index contributed by atoms with van der Waals surface area (Å²) in [4.78, 5) is 17.0. The molecule has 0 fully saturated rings. The van der Waals surface area contributed by atoms with E-state index in [2.05, 4.69) is 19.9 Å². The average molecular weight is 260 g/mol. The molecule has 0 saturated carbocycles. The molecule has 3 aromatic heterocycles. The molecule has 0 amide bonds. The Morgan fingerprint density at radius 1 is 1.11 bits per heavy atom. The third-order valence-corrected chi connectivity index (χ3v) is 2.82. The molecule has 0 aromatic carbocycles. The van der Waals surface area contributed by atoms with Crippen molar-refractivity contribution in [3.05, 3.63) is 41.2 Å². The van der Waals surface area contributed by atoms with E-state index < -0.39 is 0 Å². The topological polar surface area (TPSA) is 56.5 Å². The zero-order valence-electron chi connectivity index (χ0n) is 9.92. The van der Waals surface area contributed by atoms with Gasteiger partial charge in [0.2, 0.25) is 0 Å². The van der Waals surface area contributed by atoms with Crippen molar-refractivity contribution in [2.75, 3.05) is 0 Å². The van der Waals surface area contributed by atoms with Gasteiger partial charge in [-0.3, -0.25) is 9.55 Å². The summed E-state index contributed by atoms with van der Waals surface area (Å²) in [6.07, 6.45) is 4.95. The highest BCUT2D eigenvalue weighted by Crippen LogP contribution is 2.19. The van der Waals surface area contributed by atoms with Crippen molar-refractivity contribution < 1.29 is 0 Å². The van der Waals surface area contributed by atoms with Crippen LogP contribution in [-0.2, 0) is 0 Å². The van der Waals surface area contributed by atoms with Crippen LogP contribution in [0.25, 0.3) is 17.0 Å². The van der Waals surface area contributed by atoms with Gasteiger partial charge >= 0.3 is 0 Å². The zero-order valence-corrected chi connectivity index (χ0v) is 10.7.